The van der Waals surface area contributed by atoms with Gasteiger partial charge in [-0.1, -0.05) is 0 Å². The standard InChI is InChI=1S/C6H6FN3O2/c7-3-1-2-4(8)5(9)6(3)10(11)12/h1-2H,8-9H2. The van der Waals surface area contributed by atoms with Gasteiger partial charge in [0.25, 0.3) is 0 Å². The van der Waals surface area contributed by atoms with Gasteiger partial charge < -0.3 is 11.5 Å². The van der Waals surface area contributed by atoms with Crippen LogP contribution in [0.25, 0.3) is 0 Å². The topological polar surface area (TPSA) is 95.2 Å². The molecule has 0 amide bonds. The van der Waals surface area contributed by atoms with Crippen LogP contribution >= 0.6 is 0 Å². The Labute approximate surface area is 66.9 Å². The number of nitrogen functional groups attached to an aromatic ring is 2. The van der Waals surface area contributed by atoms with E-state index in [2.05, 4.69) is 0 Å². The molecule has 4 N–H and O–H groups in total. The van der Waals surface area contributed by atoms with E-state index in [-0.39, 0.29) is 11.4 Å². The van der Waals surface area contributed by atoms with Gasteiger partial charge in [-0.2, -0.15) is 4.39 Å². The molecule has 1 aromatic carbocycles. The van der Waals surface area contributed by atoms with Gasteiger partial charge in [0, 0.05) is 0 Å². The average molecular weight is 171 g/mol. The number of hydrogen-bond acceptors (Lipinski definition) is 4. The Morgan fingerprint density at radius 2 is 2.00 bits per heavy atom. The predicted molar refractivity (Wildman–Crippen MR) is 41.9 cm³/mol. The molecule has 5 nitrogen and oxygen atoms in total. The normalized spacial score (nSPS) is 9.75. The van der Waals surface area contributed by atoms with E-state index >= 15 is 0 Å². The Bertz CT molecular complexity index is 340. The van der Waals surface area contributed by atoms with E-state index in [4.69, 9.17) is 11.5 Å². The van der Waals surface area contributed by atoms with Crippen molar-refractivity contribution in [1.29, 1.82) is 0 Å². The van der Waals surface area contributed by atoms with Gasteiger partial charge in [0.2, 0.25) is 5.82 Å². The van der Waals surface area contributed by atoms with Crippen LogP contribution in [0.3, 0.4) is 0 Å². The van der Waals surface area contributed by atoms with Crippen molar-refractivity contribution in [3.8, 4) is 0 Å². The van der Waals surface area contributed by atoms with Crippen LogP contribution in [0.1, 0.15) is 0 Å². The molecule has 0 saturated heterocycles. The van der Waals surface area contributed by atoms with Gasteiger partial charge in [0.15, 0.2) is 0 Å². The minimum atomic E-state index is -0.980. The smallest absolute Gasteiger partial charge is 0.329 e. The first-order valence-electron chi connectivity index (χ1n) is 3.02. The van der Waals surface area contributed by atoms with Gasteiger partial charge in [0.05, 0.1) is 10.6 Å². The fourth-order valence-corrected chi connectivity index (χ4v) is 0.783. The number of nitro groups is 1. The zero-order valence-electron chi connectivity index (χ0n) is 5.95. The zero-order chi connectivity index (χ0) is 9.30. The third kappa shape index (κ3) is 1.14. The molecule has 12 heavy (non-hydrogen) atoms. The van der Waals surface area contributed by atoms with Gasteiger partial charge >= 0.3 is 5.69 Å². The molecule has 0 unspecified atom stereocenters. The van der Waals surface area contributed by atoms with Crippen LogP contribution < -0.4 is 11.5 Å². The molecule has 0 radical (unpaired) electrons. The molecule has 0 aliphatic heterocycles. The first-order valence-corrected chi connectivity index (χ1v) is 3.02. The zero-order valence-corrected chi connectivity index (χ0v) is 5.95. The molecule has 0 aromatic heterocycles. The lowest BCUT2D eigenvalue weighted by molar-refractivity contribution is -0.386. The number of anilines is 2. The van der Waals surface area contributed by atoms with E-state index in [0.717, 1.165) is 6.07 Å². The van der Waals surface area contributed by atoms with E-state index in [0.29, 0.717) is 0 Å². The van der Waals surface area contributed by atoms with Crippen molar-refractivity contribution in [3.05, 3.63) is 28.1 Å². The van der Waals surface area contributed by atoms with Crippen molar-refractivity contribution in [3.63, 3.8) is 0 Å². The van der Waals surface area contributed by atoms with Crippen LogP contribution in [0.15, 0.2) is 12.1 Å². The summed E-state index contributed by atoms with van der Waals surface area (Å²) in [4.78, 5) is 9.32. The molecule has 0 aliphatic rings. The summed E-state index contributed by atoms with van der Waals surface area (Å²) in [6.45, 7) is 0. The van der Waals surface area contributed by atoms with Gasteiger partial charge in [-0.15, -0.1) is 0 Å². The maximum absolute atomic E-state index is 12.7. The third-order valence-electron chi connectivity index (χ3n) is 1.38. The van der Waals surface area contributed by atoms with Crippen molar-refractivity contribution in [2.45, 2.75) is 0 Å². The molecule has 0 spiro atoms. The Hall–Kier alpha value is -1.85. The van der Waals surface area contributed by atoms with Crippen molar-refractivity contribution in [1.82, 2.24) is 0 Å². The quantitative estimate of drug-likeness (QED) is 0.372. The summed E-state index contributed by atoms with van der Waals surface area (Å²) in [5, 5.41) is 10.2. The molecule has 0 bridgehead atoms. The van der Waals surface area contributed by atoms with Crippen LogP contribution in [-0.2, 0) is 0 Å². The number of benzene rings is 1. The second kappa shape index (κ2) is 2.65. The highest BCUT2D eigenvalue weighted by molar-refractivity contribution is 5.74. The van der Waals surface area contributed by atoms with Crippen LogP contribution in [0.4, 0.5) is 21.5 Å². The minimum Gasteiger partial charge on any atom is -0.397 e. The molecular formula is C6H6FN3O2. The summed E-state index contributed by atoms with van der Waals surface area (Å²) >= 11 is 0. The van der Waals surface area contributed by atoms with Gasteiger partial charge in [0.1, 0.15) is 5.69 Å². The summed E-state index contributed by atoms with van der Waals surface area (Å²) in [5.74, 6) is -0.980. The highest BCUT2D eigenvalue weighted by Gasteiger charge is 2.19. The van der Waals surface area contributed by atoms with Crippen molar-refractivity contribution in [2.75, 3.05) is 11.5 Å². The summed E-state index contributed by atoms with van der Waals surface area (Å²) < 4.78 is 12.7. The summed E-state index contributed by atoms with van der Waals surface area (Å²) in [6, 6.07) is 2.08. The van der Waals surface area contributed by atoms with Gasteiger partial charge in [-0.25, -0.2) is 0 Å². The highest BCUT2D eigenvalue weighted by atomic mass is 19.1. The third-order valence-corrected chi connectivity index (χ3v) is 1.38. The summed E-state index contributed by atoms with van der Waals surface area (Å²) in [7, 11) is 0. The number of halogens is 1. The van der Waals surface area contributed by atoms with Crippen LogP contribution in [0.2, 0.25) is 0 Å². The maximum Gasteiger partial charge on any atom is 0.329 e. The lowest BCUT2D eigenvalue weighted by atomic mass is 10.2. The summed E-state index contributed by atoms with van der Waals surface area (Å²) in [5.41, 5.74) is 9.31. The SMILES string of the molecule is Nc1ccc(F)c([N+](=O)[O-])c1N. The monoisotopic (exact) mass is 171 g/mol. The largest absolute Gasteiger partial charge is 0.397 e. The van der Waals surface area contributed by atoms with Gasteiger partial charge in [-0.05, 0) is 12.1 Å². The highest BCUT2D eigenvalue weighted by Crippen LogP contribution is 2.29. The minimum absolute atomic E-state index is 0.00287. The Kier molecular flexibility index (Phi) is 1.82. The first kappa shape index (κ1) is 8.25. The lowest BCUT2D eigenvalue weighted by Crippen LogP contribution is -2.02. The van der Waals surface area contributed by atoms with Crippen molar-refractivity contribution in [2.24, 2.45) is 0 Å². The van der Waals surface area contributed by atoms with E-state index in [9.17, 15) is 14.5 Å². The number of hydrogen-bond donors (Lipinski definition) is 2. The van der Waals surface area contributed by atoms with E-state index in [1.807, 2.05) is 0 Å². The van der Waals surface area contributed by atoms with E-state index < -0.39 is 16.4 Å². The Morgan fingerprint density at radius 3 is 2.42 bits per heavy atom. The van der Waals surface area contributed by atoms with Crippen molar-refractivity contribution >= 4 is 17.1 Å². The molecule has 64 valence electrons. The van der Waals surface area contributed by atoms with E-state index in [1.165, 1.54) is 6.07 Å². The number of nitrogens with two attached hydrogens (primary N) is 2. The fraction of sp³-hybridized carbons (Fsp3) is 0. The molecule has 0 atom stereocenters. The van der Waals surface area contributed by atoms with E-state index in [1.54, 1.807) is 0 Å². The predicted octanol–water partition coefficient (Wildman–Crippen LogP) is 0.898. The molecule has 1 aromatic rings. The van der Waals surface area contributed by atoms with Crippen LogP contribution in [-0.4, -0.2) is 4.92 Å². The van der Waals surface area contributed by atoms with Crippen LogP contribution in [0.5, 0.6) is 0 Å². The molecule has 0 heterocycles. The Balaban J connectivity index is 3.43. The average Bonchev–Trinajstić information content (AvgIpc) is 1.97. The number of nitro benzene ring substituents is 1. The van der Waals surface area contributed by atoms with Crippen molar-refractivity contribution < 1.29 is 9.31 Å². The molecule has 0 saturated carbocycles. The second-order valence-electron chi connectivity index (χ2n) is 2.16. The van der Waals surface area contributed by atoms with Crippen LogP contribution in [0, 0.1) is 15.9 Å². The second-order valence-corrected chi connectivity index (χ2v) is 2.16. The summed E-state index contributed by atoms with van der Waals surface area (Å²) in [6.07, 6.45) is 0. The molecule has 6 heteroatoms. The first-order chi connectivity index (χ1) is 5.54. The molecule has 1 rings (SSSR count). The fourth-order valence-electron chi connectivity index (χ4n) is 0.783. The Morgan fingerprint density at radius 1 is 1.42 bits per heavy atom. The lowest BCUT2D eigenvalue weighted by Gasteiger charge is -2.00. The number of rotatable bonds is 1. The van der Waals surface area contributed by atoms with Gasteiger partial charge in [-0.3, -0.25) is 10.1 Å². The maximum atomic E-state index is 12.7. The molecule has 0 aliphatic carbocycles. The number of nitrogens with zero attached hydrogens (tertiary/aromatic N) is 1. The molecule has 0 fully saturated rings. The molecular weight excluding hydrogens is 165 g/mol.